The number of halogens is 3. The third kappa shape index (κ3) is 4.38. The SMILES string of the molecule is Cc1cc(CCCC(=O)O)nc(C(F)(F)F)n1. The van der Waals surface area contributed by atoms with Crippen molar-refractivity contribution in [3.63, 3.8) is 0 Å². The summed E-state index contributed by atoms with van der Waals surface area (Å²) < 4.78 is 37.1. The van der Waals surface area contributed by atoms with E-state index in [4.69, 9.17) is 5.11 Å². The Kier molecular flexibility index (Phi) is 4.03. The minimum absolute atomic E-state index is 0.0929. The zero-order valence-electron chi connectivity index (χ0n) is 9.08. The molecule has 0 radical (unpaired) electrons. The van der Waals surface area contributed by atoms with E-state index in [1.54, 1.807) is 0 Å². The molecule has 0 spiro atoms. The van der Waals surface area contributed by atoms with Crippen molar-refractivity contribution in [3.8, 4) is 0 Å². The number of rotatable bonds is 4. The van der Waals surface area contributed by atoms with Crippen molar-refractivity contribution in [1.82, 2.24) is 9.97 Å². The van der Waals surface area contributed by atoms with Crippen molar-refractivity contribution in [3.05, 3.63) is 23.3 Å². The van der Waals surface area contributed by atoms with Crippen LogP contribution in [-0.4, -0.2) is 21.0 Å². The number of aryl methyl sites for hydroxylation is 2. The number of aromatic nitrogens is 2. The average Bonchev–Trinajstić information content (AvgIpc) is 2.14. The number of aliphatic carboxylic acids is 1. The maximum Gasteiger partial charge on any atom is 0.451 e. The molecule has 0 aromatic carbocycles. The van der Waals surface area contributed by atoms with Crippen LogP contribution in [0.5, 0.6) is 0 Å². The number of nitrogens with zero attached hydrogens (tertiary/aromatic N) is 2. The third-order valence-corrected chi connectivity index (χ3v) is 1.98. The second-order valence-corrected chi connectivity index (χ2v) is 3.57. The molecule has 1 aromatic heterocycles. The molecule has 0 saturated carbocycles. The van der Waals surface area contributed by atoms with Crippen molar-refractivity contribution in [2.45, 2.75) is 32.4 Å². The molecule has 17 heavy (non-hydrogen) atoms. The predicted molar refractivity (Wildman–Crippen MR) is 52.3 cm³/mol. The average molecular weight is 248 g/mol. The van der Waals surface area contributed by atoms with Crippen molar-refractivity contribution in [2.75, 3.05) is 0 Å². The molecule has 1 aromatic rings. The Morgan fingerprint density at radius 2 is 2.06 bits per heavy atom. The van der Waals surface area contributed by atoms with Crippen molar-refractivity contribution in [2.24, 2.45) is 0 Å². The Balaban J connectivity index is 2.79. The fraction of sp³-hybridized carbons (Fsp3) is 0.500. The van der Waals surface area contributed by atoms with Gasteiger partial charge in [0.25, 0.3) is 0 Å². The third-order valence-electron chi connectivity index (χ3n) is 1.98. The number of carboxylic acid groups (broad SMARTS) is 1. The van der Waals surface area contributed by atoms with Crippen LogP contribution in [0.3, 0.4) is 0 Å². The zero-order chi connectivity index (χ0) is 13.1. The van der Waals surface area contributed by atoms with Crippen LogP contribution in [0.1, 0.15) is 30.1 Å². The summed E-state index contributed by atoms with van der Waals surface area (Å²) in [6.45, 7) is 1.44. The Bertz CT molecular complexity index is 419. The molecule has 1 rings (SSSR count). The van der Waals surface area contributed by atoms with Gasteiger partial charge in [0, 0.05) is 17.8 Å². The van der Waals surface area contributed by atoms with E-state index < -0.39 is 18.0 Å². The Labute approximate surface area is 95.5 Å². The van der Waals surface area contributed by atoms with Gasteiger partial charge in [0.2, 0.25) is 5.82 Å². The molecule has 94 valence electrons. The van der Waals surface area contributed by atoms with Gasteiger partial charge in [-0.15, -0.1) is 0 Å². The monoisotopic (exact) mass is 248 g/mol. The molecule has 0 saturated heterocycles. The second kappa shape index (κ2) is 5.11. The minimum Gasteiger partial charge on any atom is -0.481 e. The standard InChI is InChI=1S/C10H11F3N2O2/c1-6-5-7(3-2-4-8(16)17)15-9(14-6)10(11,12)13/h5H,2-4H2,1H3,(H,16,17). The molecule has 0 aliphatic carbocycles. The Morgan fingerprint density at radius 3 is 2.59 bits per heavy atom. The lowest BCUT2D eigenvalue weighted by molar-refractivity contribution is -0.145. The Morgan fingerprint density at radius 1 is 1.41 bits per heavy atom. The highest BCUT2D eigenvalue weighted by atomic mass is 19.4. The lowest BCUT2D eigenvalue weighted by Crippen LogP contribution is -2.13. The molecule has 1 heterocycles. The summed E-state index contributed by atoms with van der Waals surface area (Å²) in [6.07, 6.45) is -4.22. The molecule has 0 amide bonds. The fourth-order valence-electron chi connectivity index (χ4n) is 1.31. The quantitative estimate of drug-likeness (QED) is 0.887. The highest BCUT2D eigenvalue weighted by molar-refractivity contribution is 5.66. The molecule has 4 nitrogen and oxygen atoms in total. The summed E-state index contributed by atoms with van der Waals surface area (Å²) >= 11 is 0. The molecule has 0 aliphatic rings. The van der Waals surface area contributed by atoms with Gasteiger partial charge in [0.15, 0.2) is 0 Å². The topological polar surface area (TPSA) is 63.1 Å². The van der Waals surface area contributed by atoms with Crippen molar-refractivity contribution >= 4 is 5.97 Å². The van der Waals surface area contributed by atoms with Gasteiger partial charge in [-0.05, 0) is 25.8 Å². The molecule has 0 bridgehead atoms. The van der Waals surface area contributed by atoms with E-state index in [1.165, 1.54) is 13.0 Å². The van der Waals surface area contributed by atoms with Crippen molar-refractivity contribution < 1.29 is 23.1 Å². The number of alkyl halides is 3. The molecule has 7 heteroatoms. The summed E-state index contributed by atoms with van der Waals surface area (Å²) in [5.41, 5.74) is 0.434. The zero-order valence-corrected chi connectivity index (χ0v) is 9.08. The summed E-state index contributed by atoms with van der Waals surface area (Å²) in [5.74, 6) is -2.16. The minimum atomic E-state index is -4.58. The van der Waals surface area contributed by atoms with Gasteiger partial charge in [-0.3, -0.25) is 4.79 Å². The number of carbonyl (C=O) groups is 1. The molecule has 0 unspecified atom stereocenters. The largest absolute Gasteiger partial charge is 0.481 e. The first-order valence-corrected chi connectivity index (χ1v) is 4.92. The lowest BCUT2D eigenvalue weighted by Gasteiger charge is -2.08. The summed E-state index contributed by atoms with van der Waals surface area (Å²) in [5, 5.41) is 8.42. The lowest BCUT2D eigenvalue weighted by atomic mass is 10.1. The van der Waals surface area contributed by atoms with Gasteiger partial charge in [0.05, 0.1) is 0 Å². The normalized spacial score (nSPS) is 11.5. The van der Waals surface area contributed by atoms with Crippen LogP contribution in [0.4, 0.5) is 13.2 Å². The van der Waals surface area contributed by atoms with Crippen molar-refractivity contribution in [1.29, 1.82) is 0 Å². The van der Waals surface area contributed by atoms with Crippen LogP contribution >= 0.6 is 0 Å². The molecular weight excluding hydrogens is 237 g/mol. The summed E-state index contributed by atoms with van der Waals surface area (Å²) in [4.78, 5) is 16.9. The van der Waals surface area contributed by atoms with E-state index in [2.05, 4.69) is 9.97 Å². The number of hydrogen-bond donors (Lipinski definition) is 1. The van der Waals surface area contributed by atoms with Crippen LogP contribution in [-0.2, 0) is 17.4 Å². The smallest absolute Gasteiger partial charge is 0.451 e. The van der Waals surface area contributed by atoms with Crippen LogP contribution in [0.25, 0.3) is 0 Å². The van der Waals surface area contributed by atoms with Gasteiger partial charge < -0.3 is 5.11 Å². The van der Waals surface area contributed by atoms with Crippen LogP contribution in [0, 0.1) is 6.92 Å². The first-order chi connectivity index (χ1) is 7.79. The Hall–Kier alpha value is -1.66. The number of carboxylic acids is 1. The predicted octanol–water partition coefficient (Wildman–Crippen LogP) is 2.21. The fourth-order valence-corrected chi connectivity index (χ4v) is 1.31. The van der Waals surface area contributed by atoms with Crippen LogP contribution in [0.15, 0.2) is 6.07 Å². The van der Waals surface area contributed by atoms with E-state index >= 15 is 0 Å². The van der Waals surface area contributed by atoms with Gasteiger partial charge in [-0.2, -0.15) is 13.2 Å². The maximum atomic E-state index is 12.4. The van der Waals surface area contributed by atoms with E-state index in [-0.39, 0.29) is 30.7 Å². The maximum absolute atomic E-state index is 12.4. The van der Waals surface area contributed by atoms with Gasteiger partial charge in [-0.1, -0.05) is 0 Å². The second-order valence-electron chi connectivity index (χ2n) is 3.57. The molecular formula is C10H11F3N2O2. The first kappa shape index (κ1) is 13.4. The van der Waals surface area contributed by atoms with Gasteiger partial charge in [0.1, 0.15) is 0 Å². The van der Waals surface area contributed by atoms with Gasteiger partial charge in [-0.25, -0.2) is 9.97 Å². The van der Waals surface area contributed by atoms with E-state index in [0.717, 1.165) is 0 Å². The van der Waals surface area contributed by atoms with E-state index in [0.29, 0.717) is 0 Å². The molecule has 0 atom stereocenters. The van der Waals surface area contributed by atoms with Gasteiger partial charge >= 0.3 is 12.1 Å². The highest BCUT2D eigenvalue weighted by Crippen LogP contribution is 2.26. The first-order valence-electron chi connectivity index (χ1n) is 4.92. The summed E-state index contributed by atoms with van der Waals surface area (Å²) in [6, 6.07) is 1.43. The van der Waals surface area contributed by atoms with E-state index in [9.17, 15) is 18.0 Å². The molecule has 1 N–H and O–H groups in total. The molecule has 0 aliphatic heterocycles. The van der Waals surface area contributed by atoms with Crippen LogP contribution in [0.2, 0.25) is 0 Å². The molecule has 0 fully saturated rings. The van der Waals surface area contributed by atoms with Crippen LogP contribution < -0.4 is 0 Å². The highest BCUT2D eigenvalue weighted by Gasteiger charge is 2.35. The summed E-state index contributed by atoms with van der Waals surface area (Å²) in [7, 11) is 0. The number of hydrogen-bond acceptors (Lipinski definition) is 3. The van der Waals surface area contributed by atoms with E-state index in [1.807, 2.05) is 0 Å².